The molecule has 0 atom stereocenters. The highest BCUT2D eigenvalue weighted by Gasteiger charge is 2.03. The highest BCUT2D eigenvalue weighted by molar-refractivity contribution is 7.99. The van der Waals surface area contributed by atoms with Gasteiger partial charge in [0.05, 0.1) is 0 Å². The lowest BCUT2D eigenvalue weighted by atomic mass is 10.2. The fourth-order valence-electron chi connectivity index (χ4n) is 1.49. The number of fused-ring (bicyclic) bond motifs is 1. The lowest BCUT2D eigenvalue weighted by molar-refractivity contribution is 0.629. The predicted molar refractivity (Wildman–Crippen MR) is 64.7 cm³/mol. The molecule has 0 aliphatic rings. The number of halogens is 1. The van der Waals surface area contributed by atoms with Crippen LogP contribution in [0.1, 0.15) is 19.5 Å². The summed E-state index contributed by atoms with van der Waals surface area (Å²) in [4.78, 5) is 3.23. The van der Waals surface area contributed by atoms with Crippen molar-refractivity contribution in [2.75, 3.05) is 0 Å². The van der Waals surface area contributed by atoms with E-state index in [1.54, 1.807) is 6.07 Å². The van der Waals surface area contributed by atoms with E-state index in [-0.39, 0.29) is 5.82 Å². The van der Waals surface area contributed by atoms with Gasteiger partial charge in [0.25, 0.3) is 0 Å². The van der Waals surface area contributed by atoms with E-state index in [1.807, 2.05) is 17.8 Å². The Morgan fingerprint density at radius 2 is 2.13 bits per heavy atom. The molecule has 1 nitrogen and oxygen atoms in total. The minimum Gasteiger partial charge on any atom is -0.358 e. The van der Waals surface area contributed by atoms with Gasteiger partial charge in [-0.3, -0.25) is 0 Å². The molecule has 1 heterocycles. The molecule has 0 radical (unpaired) electrons. The maximum absolute atomic E-state index is 12.9. The summed E-state index contributed by atoms with van der Waals surface area (Å²) in [5.74, 6) is 0.765. The molecule has 0 spiro atoms. The topological polar surface area (TPSA) is 15.8 Å². The Hall–Kier alpha value is -0.960. The standard InChI is InChI=1S/C12H14FNS/c1-8(2)15-7-11-5-9-3-4-10(13)6-12(9)14-11/h3-6,8,14H,7H2,1-2H3. The number of aromatic amines is 1. The quantitative estimate of drug-likeness (QED) is 0.833. The minimum atomic E-state index is -0.188. The number of hydrogen-bond donors (Lipinski definition) is 1. The molecular weight excluding hydrogens is 209 g/mol. The van der Waals surface area contributed by atoms with Gasteiger partial charge in [0.1, 0.15) is 5.82 Å². The van der Waals surface area contributed by atoms with E-state index >= 15 is 0 Å². The predicted octanol–water partition coefficient (Wildman–Crippen LogP) is 3.95. The van der Waals surface area contributed by atoms with E-state index in [2.05, 4.69) is 24.9 Å². The molecule has 0 aliphatic carbocycles. The molecule has 1 aromatic carbocycles. The number of aromatic nitrogens is 1. The van der Waals surface area contributed by atoms with Crippen LogP contribution >= 0.6 is 11.8 Å². The number of hydrogen-bond acceptors (Lipinski definition) is 1. The molecule has 2 aromatic rings. The summed E-state index contributed by atoms with van der Waals surface area (Å²) in [6, 6.07) is 6.93. The van der Waals surface area contributed by atoms with Gasteiger partial charge in [-0.15, -0.1) is 0 Å². The SMILES string of the molecule is CC(C)SCc1cc2ccc(F)cc2[nH]1. The lowest BCUT2D eigenvalue weighted by Gasteiger charge is -2.01. The number of rotatable bonds is 3. The first-order valence-corrected chi connectivity index (χ1v) is 6.09. The van der Waals surface area contributed by atoms with Crippen LogP contribution in [0.2, 0.25) is 0 Å². The van der Waals surface area contributed by atoms with Gasteiger partial charge >= 0.3 is 0 Å². The van der Waals surface area contributed by atoms with Crippen LogP contribution < -0.4 is 0 Å². The Morgan fingerprint density at radius 1 is 1.33 bits per heavy atom. The first-order valence-electron chi connectivity index (χ1n) is 5.04. The average molecular weight is 223 g/mol. The zero-order chi connectivity index (χ0) is 10.8. The van der Waals surface area contributed by atoms with Crippen LogP contribution in [0.5, 0.6) is 0 Å². The van der Waals surface area contributed by atoms with E-state index in [0.29, 0.717) is 5.25 Å². The number of nitrogens with one attached hydrogen (secondary N) is 1. The first kappa shape index (κ1) is 10.6. The second-order valence-corrected chi connectivity index (χ2v) is 5.45. The molecule has 1 aromatic heterocycles. The summed E-state index contributed by atoms with van der Waals surface area (Å²) in [6.45, 7) is 4.35. The van der Waals surface area contributed by atoms with Crippen molar-refractivity contribution in [3.05, 3.63) is 35.8 Å². The second-order valence-electron chi connectivity index (χ2n) is 3.89. The maximum Gasteiger partial charge on any atom is 0.125 e. The van der Waals surface area contributed by atoms with Gasteiger partial charge in [0, 0.05) is 17.0 Å². The van der Waals surface area contributed by atoms with Crippen LogP contribution in [-0.4, -0.2) is 10.2 Å². The third kappa shape index (κ3) is 2.53. The van der Waals surface area contributed by atoms with Crippen LogP contribution in [0, 0.1) is 5.82 Å². The van der Waals surface area contributed by atoms with Crippen molar-refractivity contribution in [3.8, 4) is 0 Å². The zero-order valence-corrected chi connectivity index (χ0v) is 9.70. The van der Waals surface area contributed by atoms with Crippen molar-refractivity contribution in [2.45, 2.75) is 24.9 Å². The zero-order valence-electron chi connectivity index (χ0n) is 8.88. The van der Waals surface area contributed by atoms with Crippen molar-refractivity contribution >= 4 is 22.7 Å². The highest BCUT2D eigenvalue weighted by atomic mass is 32.2. The smallest absolute Gasteiger partial charge is 0.125 e. The van der Waals surface area contributed by atoms with Crippen molar-refractivity contribution in [2.24, 2.45) is 0 Å². The van der Waals surface area contributed by atoms with Gasteiger partial charge in [0.2, 0.25) is 0 Å². The fraction of sp³-hybridized carbons (Fsp3) is 0.333. The second kappa shape index (κ2) is 4.27. The monoisotopic (exact) mass is 223 g/mol. The molecule has 15 heavy (non-hydrogen) atoms. The fourth-order valence-corrected chi connectivity index (χ4v) is 2.16. The van der Waals surface area contributed by atoms with Gasteiger partial charge in [-0.05, 0) is 34.9 Å². The Morgan fingerprint density at radius 3 is 2.87 bits per heavy atom. The highest BCUT2D eigenvalue weighted by Crippen LogP contribution is 2.21. The first-order chi connectivity index (χ1) is 7.15. The third-order valence-corrected chi connectivity index (χ3v) is 3.36. The molecule has 0 aliphatic heterocycles. The lowest BCUT2D eigenvalue weighted by Crippen LogP contribution is -1.88. The summed E-state index contributed by atoms with van der Waals surface area (Å²) in [6.07, 6.45) is 0. The van der Waals surface area contributed by atoms with Crippen molar-refractivity contribution in [1.29, 1.82) is 0 Å². The summed E-state index contributed by atoms with van der Waals surface area (Å²) >= 11 is 1.88. The van der Waals surface area contributed by atoms with Crippen molar-refractivity contribution in [3.63, 3.8) is 0 Å². The van der Waals surface area contributed by atoms with E-state index < -0.39 is 0 Å². The molecule has 0 amide bonds. The van der Waals surface area contributed by atoms with Crippen LogP contribution in [-0.2, 0) is 5.75 Å². The van der Waals surface area contributed by atoms with Crippen LogP contribution in [0.15, 0.2) is 24.3 Å². The molecule has 1 N–H and O–H groups in total. The normalized spacial score (nSPS) is 11.5. The molecule has 0 unspecified atom stereocenters. The molecular formula is C12H14FNS. The summed E-state index contributed by atoms with van der Waals surface area (Å²) in [7, 11) is 0. The summed E-state index contributed by atoms with van der Waals surface area (Å²) < 4.78 is 12.9. The van der Waals surface area contributed by atoms with Crippen molar-refractivity contribution < 1.29 is 4.39 Å². The van der Waals surface area contributed by atoms with E-state index in [0.717, 1.165) is 22.3 Å². The molecule has 2 rings (SSSR count). The maximum atomic E-state index is 12.9. The van der Waals surface area contributed by atoms with Crippen LogP contribution in [0.3, 0.4) is 0 Å². The molecule has 0 fully saturated rings. The van der Waals surface area contributed by atoms with Gasteiger partial charge in [-0.1, -0.05) is 13.8 Å². The largest absolute Gasteiger partial charge is 0.358 e. The van der Waals surface area contributed by atoms with Gasteiger partial charge in [0.15, 0.2) is 0 Å². The van der Waals surface area contributed by atoms with Gasteiger partial charge < -0.3 is 4.98 Å². The summed E-state index contributed by atoms with van der Waals surface area (Å²) in [5.41, 5.74) is 2.05. The molecule has 3 heteroatoms. The number of H-pyrrole nitrogens is 1. The Bertz CT molecular complexity index is 462. The van der Waals surface area contributed by atoms with E-state index in [9.17, 15) is 4.39 Å². The third-order valence-electron chi connectivity index (χ3n) is 2.21. The Balaban J connectivity index is 2.23. The van der Waals surface area contributed by atoms with E-state index in [1.165, 1.54) is 6.07 Å². The Labute approximate surface area is 93.1 Å². The molecule has 80 valence electrons. The average Bonchev–Trinajstić information content (AvgIpc) is 2.56. The number of thioether (sulfide) groups is 1. The van der Waals surface area contributed by atoms with Gasteiger partial charge in [-0.25, -0.2) is 4.39 Å². The molecule has 0 bridgehead atoms. The van der Waals surface area contributed by atoms with E-state index in [4.69, 9.17) is 0 Å². The molecule has 0 saturated carbocycles. The Kier molecular flexibility index (Phi) is 3.00. The van der Waals surface area contributed by atoms with Gasteiger partial charge in [-0.2, -0.15) is 11.8 Å². The molecule has 0 saturated heterocycles. The number of benzene rings is 1. The summed E-state index contributed by atoms with van der Waals surface area (Å²) in [5, 5.41) is 1.70. The van der Waals surface area contributed by atoms with Crippen LogP contribution in [0.4, 0.5) is 4.39 Å². The minimum absolute atomic E-state index is 0.188. The van der Waals surface area contributed by atoms with Crippen LogP contribution in [0.25, 0.3) is 10.9 Å². The van der Waals surface area contributed by atoms with Crippen molar-refractivity contribution in [1.82, 2.24) is 4.98 Å².